The highest BCUT2D eigenvalue weighted by molar-refractivity contribution is 6.02. The fourth-order valence-corrected chi connectivity index (χ4v) is 4.53. The van der Waals surface area contributed by atoms with Gasteiger partial charge in [-0.3, -0.25) is 9.59 Å². The second-order valence-electron chi connectivity index (χ2n) is 9.54. The number of benzene rings is 4. The van der Waals surface area contributed by atoms with Gasteiger partial charge in [-0.1, -0.05) is 54.1 Å². The number of carbonyl (C=O) groups excluding carboxylic acids is 2. The summed E-state index contributed by atoms with van der Waals surface area (Å²) < 4.78 is 10.5. The Bertz CT molecular complexity index is 1400. The molecule has 39 heavy (non-hydrogen) atoms. The zero-order valence-electron chi connectivity index (χ0n) is 22.8. The molecule has 0 bridgehead atoms. The molecule has 6 heteroatoms. The molecule has 1 atom stereocenters. The van der Waals surface area contributed by atoms with Crippen LogP contribution in [0.3, 0.4) is 0 Å². The average Bonchev–Trinajstić information content (AvgIpc) is 2.96. The fraction of sp³-hybridized carbons (Fsp3) is 0.212. The van der Waals surface area contributed by atoms with Gasteiger partial charge in [0.25, 0.3) is 5.91 Å². The van der Waals surface area contributed by atoms with Gasteiger partial charge in [0.1, 0.15) is 17.5 Å². The minimum absolute atomic E-state index is 0.205. The molecule has 0 fully saturated rings. The summed E-state index contributed by atoms with van der Waals surface area (Å²) in [4.78, 5) is 28.8. The highest BCUT2D eigenvalue weighted by atomic mass is 16.5. The molecule has 4 rings (SSSR count). The number of hydrogen-bond acceptors (Lipinski definition) is 4. The van der Waals surface area contributed by atoms with Gasteiger partial charge in [0.15, 0.2) is 0 Å². The molecule has 0 aliphatic carbocycles. The Morgan fingerprint density at radius 1 is 0.769 bits per heavy atom. The second-order valence-corrected chi connectivity index (χ2v) is 9.54. The van der Waals surface area contributed by atoms with Crippen molar-refractivity contribution in [1.29, 1.82) is 0 Å². The topological polar surface area (TPSA) is 67.9 Å². The first kappa shape index (κ1) is 27.5. The molecule has 0 radical (unpaired) electrons. The van der Waals surface area contributed by atoms with Crippen LogP contribution in [0.25, 0.3) is 0 Å². The maximum Gasteiger partial charge on any atom is 0.251 e. The zero-order chi connectivity index (χ0) is 27.8. The highest BCUT2D eigenvalue weighted by Gasteiger charge is 2.26. The van der Waals surface area contributed by atoms with E-state index >= 15 is 0 Å². The molecule has 0 aliphatic rings. The van der Waals surface area contributed by atoms with Crippen LogP contribution in [0.15, 0.2) is 97.1 Å². The largest absolute Gasteiger partial charge is 0.497 e. The van der Waals surface area contributed by atoms with Crippen LogP contribution >= 0.6 is 0 Å². The number of anilines is 1. The Balaban J connectivity index is 1.56. The predicted molar refractivity (Wildman–Crippen MR) is 155 cm³/mol. The van der Waals surface area contributed by atoms with E-state index in [1.165, 1.54) is 0 Å². The van der Waals surface area contributed by atoms with E-state index < -0.39 is 6.04 Å². The quantitative estimate of drug-likeness (QED) is 0.294. The molecule has 1 N–H and O–H groups in total. The molecule has 200 valence electrons. The van der Waals surface area contributed by atoms with Crippen LogP contribution in [0, 0.1) is 6.92 Å². The number of ether oxygens (including phenoxy) is 2. The molecular formula is C33H34N2O4. The maximum absolute atomic E-state index is 13.7. The molecule has 4 aromatic carbocycles. The fourth-order valence-electron chi connectivity index (χ4n) is 4.53. The number of aryl methyl sites for hydroxylation is 1. The smallest absolute Gasteiger partial charge is 0.251 e. The average molecular weight is 523 g/mol. The Morgan fingerprint density at radius 2 is 1.38 bits per heavy atom. The van der Waals surface area contributed by atoms with Crippen molar-refractivity contribution in [1.82, 2.24) is 5.32 Å². The van der Waals surface area contributed by atoms with Gasteiger partial charge in [-0.25, -0.2) is 0 Å². The first-order chi connectivity index (χ1) is 18.9. The van der Waals surface area contributed by atoms with Gasteiger partial charge < -0.3 is 19.7 Å². The summed E-state index contributed by atoms with van der Waals surface area (Å²) >= 11 is 0. The van der Waals surface area contributed by atoms with Crippen LogP contribution in [0.5, 0.6) is 11.5 Å². The number of nitrogens with one attached hydrogen (secondary N) is 1. The van der Waals surface area contributed by atoms with Crippen molar-refractivity contribution < 1.29 is 19.1 Å². The minimum atomic E-state index is -0.752. The van der Waals surface area contributed by atoms with Gasteiger partial charge in [0, 0.05) is 24.7 Å². The molecule has 0 spiro atoms. The minimum Gasteiger partial charge on any atom is -0.497 e. The lowest BCUT2D eigenvalue weighted by atomic mass is 9.99. The first-order valence-corrected chi connectivity index (χ1v) is 12.9. The summed E-state index contributed by atoms with van der Waals surface area (Å²) in [5.74, 6) is 1.02. The highest BCUT2D eigenvalue weighted by Crippen LogP contribution is 2.21. The summed E-state index contributed by atoms with van der Waals surface area (Å²) in [5, 5.41) is 3.02. The molecule has 0 aliphatic heterocycles. The van der Waals surface area contributed by atoms with Gasteiger partial charge in [-0.2, -0.15) is 0 Å². The molecule has 0 saturated heterocycles. The molecule has 0 aromatic heterocycles. The molecular weight excluding hydrogens is 488 g/mol. The van der Waals surface area contributed by atoms with E-state index in [1.807, 2.05) is 85.8 Å². The van der Waals surface area contributed by atoms with E-state index in [-0.39, 0.29) is 11.8 Å². The number of methoxy groups -OCH3 is 2. The number of rotatable bonds is 10. The number of nitrogens with zero attached hydrogens (tertiary/aromatic N) is 1. The summed E-state index contributed by atoms with van der Waals surface area (Å²) in [6.45, 7) is 1.97. The van der Waals surface area contributed by atoms with E-state index in [0.29, 0.717) is 29.8 Å². The van der Waals surface area contributed by atoms with Crippen molar-refractivity contribution in [3.63, 3.8) is 0 Å². The first-order valence-electron chi connectivity index (χ1n) is 12.9. The van der Waals surface area contributed by atoms with Crippen LogP contribution in [0.4, 0.5) is 5.69 Å². The molecule has 2 amide bonds. The van der Waals surface area contributed by atoms with Crippen LogP contribution < -0.4 is 19.7 Å². The van der Waals surface area contributed by atoms with E-state index in [2.05, 4.69) is 11.4 Å². The number of hydrogen-bond donors (Lipinski definition) is 1. The summed E-state index contributed by atoms with van der Waals surface area (Å²) in [6, 6.07) is 29.9. The van der Waals surface area contributed by atoms with Gasteiger partial charge in [0.2, 0.25) is 5.91 Å². The van der Waals surface area contributed by atoms with E-state index in [0.717, 1.165) is 28.0 Å². The summed E-state index contributed by atoms with van der Waals surface area (Å²) in [5.41, 5.74) is 5.32. The Hall–Kier alpha value is -4.58. The van der Waals surface area contributed by atoms with Crippen molar-refractivity contribution in [2.45, 2.75) is 25.8 Å². The summed E-state index contributed by atoms with van der Waals surface area (Å²) in [7, 11) is 4.96. The van der Waals surface area contributed by atoms with Crippen LogP contribution in [-0.2, 0) is 17.6 Å². The van der Waals surface area contributed by atoms with Crippen LogP contribution in [-0.4, -0.2) is 39.1 Å². The zero-order valence-corrected chi connectivity index (χ0v) is 22.8. The summed E-state index contributed by atoms with van der Waals surface area (Å²) in [6.07, 6.45) is 1.05. The van der Waals surface area contributed by atoms with E-state index in [9.17, 15) is 9.59 Å². The molecule has 0 heterocycles. The molecule has 6 nitrogen and oxygen atoms in total. The third kappa shape index (κ3) is 7.26. The van der Waals surface area contributed by atoms with Gasteiger partial charge in [0.05, 0.1) is 14.2 Å². The predicted octanol–water partition coefficient (Wildman–Crippen LogP) is 5.61. The van der Waals surface area contributed by atoms with Crippen molar-refractivity contribution in [3.05, 3.63) is 125 Å². The monoisotopic (exact) mass is 522 g/mol. The van der Waals surface area contributed by atoms with Crippen LogP contribution in [0.1, 0.15) is 32.6 Å². The standard InChI is InChI=1S/C33H34N2O4/c1-23-18-26(20-25-10-14-29(38-3)15-11-25)21-27(19-23)32(36)34-31(22-24-8-6-5-7-9-24)33(37)35(2)28-12-16-30(39-4)17-13-28/h5-19,21,31H,20,22H2,1-4H3,(H,34,36). The van der Waals surface area contributed by atoms with Crippen molar-refractivity contribution >= 4 is 17.5 Å². The molecule has 0 saturated carbocycles. The van der Waals surface area contributed by atoms with Crippen molar-refractivity contribution in [2.24, 2.45) is 0 Å². The Labute approximate surface area is 230 Å². The van der Waals surface area contributed by atoms with E-state index in [1.54, 1.807) is 38.3 Å². The van der Waals surface area contributed by atoms with Crippen molar-refractivity contribution in [2.75, 3.05) is 26.2 Å². The van der Waals surface area contributed by atoms with Gasteiger partial charge in [-0.15, -0.1) is 0 Å². The Morgan fingerprint density at radius 3 is 2.00 bits per heavy atom. The van der Waals surface area contributed by atoms with E-state index in [4.69, 9.17) is 9.47 Å². The second kappa shape index (κ2) is 12.8. The Kier molecular flexibility index (Phi) is 9.00. The SMILES string of the molecule is COc1ccc(Cc2cc(C)cc(C(=O)NC(Cc3ccccc3)C(=O)N(C)c3ccc(OC)cc3)c2)cc1. The normalized spacial score (nSPS) is 11.4. The number of carbonyl (C=O) groups is 2. The lowest BCUT2D eigenvalue weighted by Gasteiger charge is -2.25. The number of amides is 2. The lowest BCUT2D eigenvalue weighted by Crippen LogP contribution is -2.48. The maximum atomic E-state index is 13.7. The third-order valence-corrected chi connectivity index (χ3v) is 6.64. The third-order valence-electron chi connectivity index (χ3n) is 6.64. The van der Waals surface area contributed by atoms with Gasteiger partial charge in [-0.05, 0) is 78.6 Å². The molecule has 4 aromatic rings. The molecule has 1 unspecified atom stereocenters. The number of likely N-dealkylation sites (N-methyl/N-ethyl adjacent to an activating group) is 1. The van der Waals surface area contributed by atoms with Gasteiger partial charge >= 0.3 is 0 Å². The van der Waals surface area contributed by atoms with Crippen LogP contribution in [0.2, 0.25) is 0 Å². The lowest BCUT2D eigenvalue weighted by molar-refractivity contribution is -0.120. The van der Waals surface area contributed by atoms with Crippen molar-refractivity contribution in [3.8, 4) is 11.5 Å².